The fraction of sp³-hybridized carbons (Fsp3) is 0.481. The van der Waals surface area contributed by atoms with E-state index in [1.807, 2.05) is 70.5 Å². The van der Waals surface area contributed by atoms with E-state index in [0.29, 0.717) is 34.1 Å². The van der Waals surface area contributed by atoms with Gasteiger partial charge in [-0.05, 0) is 51.0 Å². The molecule has 2 aliphatic carbocycles. The molecule has 372 valence electrons. The molecule has 0 aromatic heterocycles. The van der Waals surface area contributed by atoms with Gasteiger partial charge in [-0.1, -0.05) is 60.7 Å². The number of hydrogen-bond donors (Lipinski definition) is 0. The highest BCUT2D eigenvalue weighted by Gasteiger charge is 3.06. The van der Waals surface area contributed by atoms with Crippen LogP contribution in [0.2, 0.25) is 0 Å². The predicted octanol–water partition coefficient (Wildman–Crippen LogP) is 6.35. The minimum atomic E-state index is -1.83. The van der Waals surface area contributed by atoms with Gasteiger partial charge in [0.25, 0.3) is 0 Å². The van der Waals surface area contributed by atoms with Crippen molar-refractivity contribution in [2.24, 2.45) is 21.7 Å². The highest BCUT2D eigenvalue weighted by molar-refractivity contribution is 6.03. The maximum absolute atomic E-state index is 16.4. The molecule has 4 aromatic carbocycles. The number of ether oxygens (including phenoxy) is 10. The zero-order valence-corrected chi connectivity index (χ0v) is 41.4. The maximum atomic E-state index is 16.4. The fourth-order valence-electron chi connectivity index (χ4n) is 14.5. The topological polar surface area (TPSA) is 167 Å². The molecule has 4 aromatic rings. The first-order valence-corrected chi connectivity index (χ1v) is 23.8. The van der Waals surface area contributed by atoms with Crippen LogP contribution >= 0.6 is 0 Å². The van der Waals surface area contributed by atoms with Gasteiger partial charge >= 0.3 is 23.9 Å². The number of esters is 4. The second-order valence-corrected chi connectivity index (χ2v) is 18.3. The second-order valence-electron chi connectivity index (χ2n) is 18.3. The Morgan fingerprint density at radius 2 is 0.657 bits per heavy atom. The summed E-state index contributed by atoms with van der Waals surface area (Å²) in [5, 5.41) is 0. The average molecular weight is 963 g/mol. The van der Waals surface area contributed by atoms with Crippen LogP contribution in [0.3, 0.4) is 0 Å². The van der Waals surface area contributed by atoms with Crippen molar-refractivity contribution < 1.29 is 66.5 Å². The van der Waals surface area contributed by atoms with Crippen molar-refractivity contribution in [3.8, 4) is 34.5 Å². The molecule has 70 heavy (non-hydrogen) atoms. The molecule has 0 unspecified atom stereocenters. The van der Waals surface area contributed by atoms with Gasteiger partial charge in [0.05, 0.1) is 69.1 Å². The Balaban J connectivity index is 1.55. The Hall–Kier alpha value is -6.52. The van der Waals surface area contributed by atoms with Crippen molar-refractivity contribution in [1.82, 2.24) is 9.80 Å². The molecular formula is C54H62N2O14. The van der Waals surface area contributed by atoms with Gasteiger partial charge in [-0.3, -0.25) is 29.0 Å². The van der Waals surface area contributed by atoms with E-state index in [1.165, 1.54) is 42.7 Å². The van der Waals surface area contributed by atoms with Crippen LogP contribution in [0.25, 0.3) is 0 Å². The molecule has 0 atom stereocenters. The molecule has 0 amide bonds. The molecule has 0 radical (unpaired) electrons. The minimum Gasteiger partial charge on any atom is -0.496 e. The van der Waals surface area contributed by atoms with E-state index in [0.717, 1.165) is 11.1 Å². The van der Waals surface area contributed by atoms with Crippen molar-refractivity contribution >= 4 is 23.9 Å². The second kappa shape index (κ2) is 18.3. The summed E-state index contributed by atoms with van der Waals surface area (Å²) in [5.41, 5.74) is -4.92. The minimum absolute atomic E-state index is 0.0431. The van der Waals surface area contributed by atoms with Crippen LogP contribution in [0.5, 0.6) is 34.5 Å². The number of nitrogens with zero attached hydrogens (tertiary/aromatic N) is 2. The highest BCUT2D eigenvalue weighted by Crippen LogP contribution is 2.93. The maximum Gasteiger partial charge on any atom is 0.316 e. The van der Waals surface area contributed by atoms with Crippen LogP contribution in [0, 0.1) is 21.7 Å². The Morgan fingerprint density at radius 1 is 0.400 bits per heavy atom. The lowest BCUT2D eigenvalue weighted by Crippen LogP contribution is -3.09. The van der Waals surface area contributed by atoms with E-state index in [4.69, 9.17) is 47.4 Å². The third-order valence-electron chi connectivity index (χ3n) is 15.9. The zero-order valence-electron chi connectivity index (χ0n) is 41.4. The number of piperidine rings is 4. The van der Waals surface area contributed by atoms with Gasteiger partial charge in [-0.25, -0.2) is 0 Å². The molecule has 6 fully saturated rings. The van der Waals surface area contributed by atoms with Gasteiger partial charge in [0.2, 0.25) is 0 Å². The number of carbonyl (C=O) groups is 4. The Kier molecular flexibility index (Phi) is 12.7. The Morgan fingerprint density at radius 3 is 0.900 bits per heavy atom. The normalized spacial score (nSPS) is 29.7. The number of hydrogen-bond acceptors (Lipinski definition) is 16. The van der Waals surface area contributed by atoms with E-state index in [-0.39, 0.29) is 51.0 Å². The van der Waals surface area contributed by atoms with Gasteiger partial charge in [0.1, 0.15) is 33.2 Å². The van der Waals surface area contributed by atoms with Crippen LogP contribution < -0.4 is 28.4 Å². The summed E-state index contributed by atoms with van der Waals surface area (Å²) in [4.78, 5) is 69.7. The first kappa shape index (κ1) is 48.5. The van der Waals surface area contributed by atoms with Gasteiger partial charge in [-0.2, -0.15) is 0 Å². The summed E-state index contributed by atoms with van der Waals surface area (Å²) < 4.78 is 61.6. The number of carbonyl (C=O) groups excluding carboxylic acids is 4. The van der Waals surface area contributed by atoms with Crippen LogP contribution in [-0.4, -0.2) is 127 Å². The Labute approximate surface area is 408 Å². The number of methoxy groups -OCH3 is 6. The predicted molar refractivity (Wildman–Crippen MR) is 253 cm³/mol. The summed E-state index contributed by atoms with van der Waals surface area (Å²) >= 11 is 0. The SMILES string of the molecule is CCOC(=O)C12C(c3cc(OC)c(OC)cc3OC)C3(C(=O)OCC)C4N(Cc5ccccc5)C1C1(C(=O)OCC)C(c5cc(OC)c(OC)cc5OC)C4(C(=O)OCC)C3N(Cc3ccccc3)C21. The van der Waals surface area contributed by atoms with E-state index in [1.54, 1.807) is 52.0 Å². The molecule has 0 N–H and O–H groups in total. The lowest BCUT2D eigenvalue weighted by molar-refractivity contribution is -0.449. The van der Waals surface area contributed by atoms with E-state index < -0.39 is 81.5 Å². The molecule has 4 heterocycles. The molecule has 0 spiro atoms. The fourth-order valence-corrected chi connectivity index (χ4v) is 14.5. The standard InChI is InChI=1S/C54H62N2O14/c1-11-67-47(57)51-41(33-25-37(63-7)39(65-9)27-35(33)61-5)52(48(58)68-12-2)45-54(50(60)70-14-4)42(34-26-38(64-8)40(66-10)28-36(34)62-6)53(49(59)69-13-3,43(51)55(45)29-31-21-17-15-18-22-31)44(51)56(46(52)54)30-32-23-19-16-20-24-32/h15-28,41-46H,11-14,29-30H2,1-10H3. The molecule has 4 aliphatic heterocycles. The van der Waals surface area contributed by atoms with Crippen LogP contribution in [0.1, 0.15) is 61.8 Å². The van der Waals surface area contributed by atoms with E-state index in [2.05, 4.69) is 0 Å². The van der Waals surface area contributed by atoms with Crippen molar-refractivity contribution in [2.75, 3.05) is 69.1 Å². The van der Waals surface area contributed by atoms with Crippen LogP contribution in [-0.2, 0) is 51.2 Å². The first-order chi connectivity index (χ1) is 33.9. The van der Waals surface area contributed by atoms with Crippen LogP contribution in [0.4, 0.5) is 0 Å². The van der Waals surface area contributed by atoms with E-state index in [9.17, 15) is 0 Å². The third-order valence-corrected chi connectivity index (χ3v) is 15.9. The van der Waals surface area contributed by atoms with Crippen molar-refractivity contribution in [1.29, 1.82) is 0 Å². The zero-order chi connectivity index (χ0) is 49.9. The molecule has 10 rings (SSSR count). The van der Waals surface area contributed by atoms with Crippen molar-refractivity contribution in [3.63, 3.8) is 0 Å². The summed E-state index contributed by atoms with van der Waals surface area (Å²) in [7, 11) is 9.00. The summed E-state index contributed by atoms with van der Waals surface area (Å²) in [6, 6.07) is 21.3. The highest BCUT2D eigenvalue weighted by atomic mass is 16.6. The largest absolute Gasteiger partial charge is 0.496 e. The molecule has 16 heteroatoms. The average Bonchev–Trinajstić information content (AvgIpc) is 3.35. The molecule has 4 saturated heterocycles. The summed E-state index contributed by atoms with van der Waals surface area (Å²) in [5.74, 6) is -3.21. The van der Waals surface area contributed by atoms with Crippen molar-refractivity contribution in [2.45, 2.75) is 76.8 Å². The van der Waals surface area contributed by atoms with Gasteiger partial charge in [0.15, 0.2) is 23.0 Å². The smallest absolute Gasteiger partial charge is 0.316 e. The number of rotatable bonds is 20. The number of benzene rings is 4. The molecule has 16 nitrogen and oxygen atoms in total. The lowest BCUT2D eigenvalue weighted by Gasteiger charge is -2.95. The van der Waals surface area contributed by atoms with Gasteiger partial charge < -0.3 is 47.4 Å². The Bertz CT molecular complexity index is 2380. The van der Waals surface area contributed by atoms with Crippen molar-refractivity contribution in [3.05, 3.63) is 107 Å². The molecule has 8 bridgehead atoms. The molecule has 6 aliphatic rings. The van der Waals surface area contributed by atoms with E-state index >= 15 is 19.2 Å². The lowest BCUT2D eigenvalue weighted by atomic mass is 9.15. The first-order valence-electron chi connectivity index (χ1n) is 23.8. The third kappa shape index (κ3) is 6.01. The van der Waals surface area contributed by atoms with Gasteiger partial charge in [0, 0.05) is 72.4 Å². The molecular weight excluding hydrogens is 901 g/mol. The van der Waals surface area contributed by atoms with Gasteiger partial charge in [-0.15, -0.1) is 0 Å². The quantitative estimate of drug-likeness (QED) is 0.0710. The summed E-state index contributed by atoms with van der Waals surface area (Å²) in [6.07, 6.45) is 0. The van der Waals surface area contributed by atoms with Crippen LogP contribution in [0.15, 0.2) is 84.9 Å². The monoisotopic (exact) mass is 962 g/mol. The molecule has 2 saturated carbocycles. The summed E-state index contributed by atoms with van der Waals surface area (Å²) in [6.45, 7) is 6.91.